The topological polar surface area (TPSA) is 41.6 Å². The molecule has 0 unspecified atom stereocenters. The van der Waals surface area contributed by atoms with Crippen molar-refractivity contribution in [3.63, 3.8) is 0 Å². The fraction of sp³-hybridized carbons (Fsp3) is 0.381. The van der Waals surface area contributed by atoms with Gasteiger partial charge in [0.2, 0.25) is 0 Å². The van der Waals surface area contributed by atoms with Gasteiger partial charge in [-0.2, -0.15) is 0 Å². The second kappa shape index (κ2) is 7.70. The van der Waals surface area contributed by atoms with E-state index in [1.54, 1.807) is 0 Å². The predicted octanol–water partition coefficient (Wildman–Crippen LogP) is 3.55. The summed E-state index contributed by atoms with van der Waals surface area (Å²) in [6, 6.07) is 20.4. The number of hydrogen-bond acceptors (Lipinski definition) is 4. The summed E-state index contributed by atoms with van der Waals surface area (Å²) in [5, 5.41) is 3.48. The summed E-state index contributed by atoms with van der Waals surface area (Å²) in [6.07, 6.45) is 0.725. The maximum atomic E-state index is 12.7. The Bertz CT molecular complexity index is 690. The van der Waals surface area contributed by atoms with Crippen molar-refractivity contribution in [1.29, 1.82) is 0 Å². The van der Waals surface area contributed by atoms with E-state index in [1.807, 2.05) is 36.4 Å². The molecule has 0 aliphatic carbocycles. The number of piperidine rings is 1. The van der Waals surface area contributed by atoms with Gasteiger partial charge < -0.3 is 10.1 Å². The van der Waals surface area contributed by atoms with Crippen LogP contribution in [0.25, 0.3) is 0 Å². The molecular formula is C21H26N2O2. The summed E-state index contributed by atoms with van der Waals surface area (Å²) in [4.78, 5) is 15.1. The van der Waals surface area contributed by atoms with Crippen molar-refractivity contribution >= 4 is 11.7 Å². The molecule has 1 aliphatic heterocycles. The van der Waals surface area contributed by atoms with E-state index in [0.717, 1.165) is 31.7 Å². The van der Waals surface area contributed by atoms with Crippen molar-refractivity contribution in [1.82, 2.24) is 4.90 Å². The van der Waals surface area contributed by atoms with Crippen LogP contribution in [-0.2, 0) is 16.1 Å². The number of esters is 1. The zero-order chi connectivity index (χ0) is 17.7. The van der Waals surface area contributed by atoms with E-state index in [4.69, 9.17) is 4.74 Å². The van der Waals surface area contributed by atoms with Crippen LogP contribution in [0.15, 0.2) is 60.7 Å². The minimum atomic E-state index is -0.677. The smallest absolute Gasteiger partial charge is 0.331 e. The van der Waals surface area contributed by atoms with Gasteiger partial charge in [-0.1, -0.05) is 55.5 Å². The van der Waals surface area contributed by atoms with Crippen LogP contribution < -0.4 is 5.32 Å². The zero-order valence-corrected chi connectivity index (χ0v) is 14.9. The van der Waals surface area contributed by atoms with Crippen molar-refractivity contribution in [3.05, 3.63) is 66.2 Å². The second-order valence-corrected chi connectivity index (χ2v) is 6.83. The fourth-order valence-electron chi connectivity index (χ4n) is 3.70. The molecule has 0 radical (unpaired) electrons. The molecule has 0 spiro atoms. The highest BCUT2D eigenvalue weighted by molar-refractivity contribution is 5.85. The Morgan fingerprint density at radius 1 is 1.16 bits per heavy atom. The molecule has 132 valence electrons. The highest BCUT2D eigenvalue weighted by Crippen LogP contribution is 2.33. The Kier molecular flexibility index (Phi) is 5.39. The van der Waals surface area contributed by atoms with E-state index in [1.165, 1.54) is 12.7 Å². The number of hydrogen-bond donors (Lipinski definition) is 1. The summed E-state index contributed by atoms with van der Waals surface area (Å²) >= 11 is 0. The first-order chi connectivity index (χ1) is 12.1. The molecular weight excluding hydrogens is 312 g/mol. The van der Waals surface area contributed by atoms with Gasteiger partial charge in [0.05, 0.1) is 7.11 Å². The Balaban J connectivity index is 1.75. The number of carbonyl (C=O) groups is 1. The first-order valence-electron chi connectivity index (χ1n) is 8.82. The van der Waals surface area contributed by atoms with Gasteiger partial charge in [0.25, 0.3) is 0 Å². The minimum Gasteiger partial charge on any atom is -0.467 e. The van der Waals surface area contributed by atoms with E-state index in [2.05, 4.69) is 41.4 Å². The van der Waals surface area contributed by atoms with Crippen LogP contribution in [0.1, 0.15) is 18.9 Å². The number of carbonyl (C=O) groups excluding carboxylic acids is 1. The quantitative estimate of drug-likeness (QED) is 0.847. The summed E-state index contributed by atoms with van der Waals surface area (Å²) in [5.74, 6) is -0.0409. The maximum absolute atomic E-state index is 12.7. The SMILES string of the molecule is COC(=O)[C@]1(Nc2ccccc2)CCN(Cc2ccccc2)C[C@H]1C. The Morgan fingerprint density at radius 3 is 2.40 bits per heavy atom. The Hall–Kier alpha value is -2.33. The number of para-hydroxylation sites is 1. The molecule has 1 aliphatic rings. The number of benzene rings is 2. The number of rotatable bonds is 5. The number of nitrogens with one attached hydrogen (secondary N) is 1. The van der Waals surface area contributed by atoms with Crippen LogP contribution in [-0.4, -0.2) is 36.6 Å². The van der Waals surface area contributed by atoms with E-state index in [9.17, 15) is 4.79 Å². The molecule has 2 aromatic rings. The van der Waals surface area contributed by atoms with E-state index in [-0.39, 0.29) is 11.9 Å². The van der Waals surface area contributed by atoms with Crippen LogP contribution in [0.5, 0.6) is 0 Å². The van der Waals surface area contributed by atoms with Gasteiger partial charge in [0, 0.05) is 31.2 Å². The predicted molar refractivity (Wildman–Crippen MR) is 100 cm³/mol. The molecule has 0 amide bonds. The molecule has 4 nitrogen and oxygen atoms in total. The number of anilines is 1. The van der Waals surface area contributed by atoms with Gasteiger partial charge in [-0.15, -0.1) is 0 Å². The summed E-state index contributed by atoms with van der Waals surface area (Å²) in [6.45, 7) is 4.75. The van der Waals surface area contributed by atoms with Crippen molar-refractivity contribution in [2.45, 2.75) is 25.4 Å². The highest BCUT2D eigenvalue weighted by atomic mass is 16.5. The molecule has 1 saturated heterocycles. The molecule has 1 N–H and O–H groups in total. The van der Waals surface area contributed by atoms with Gasteiger partial charge in [-0.05, 0) is 24.1 Å². The monoisotopic (exact) mass is 338 g/mol. The summed E-state index contributed by atoms with van der Waals surface area (Å²) < 4.78 is 5.17. The third kappa shape index (κ3) is 3.85. The number of likely N-dealkylation sites (tertiary alicyclic amines) is 1. The molecule has 0 aromatic heterocycles. The van der Waals surface area contributed by atoms with Gasteiger partial charge in [0.15, 0.2) is 0 Å². The fourth-order valence-corrected chi connectivity index (χ4v) is 3.70. The third-order valence-corrected chi connectivity index (χ3v) is 5.14. The molecule has 0 saturated carbocycles. The van der Waals surface area contributed by atoms with Crippen molar-refractivity contribution in [2.75, 3.05) is 25.5 Å². The lowest BCUT2D eigenvalue weighted by Gasteiger charge is -2.45. The second-order valence-electron chi connectivity index (χ2n) is 6.83. The third-order valence-electron chi connectivity index (χ3n) is 5.14. The van der Waals surface area contributed by atoms with Crippen LogP contribution in [0.3, 0.4) is 0 Å². The molecule has 2 atom stereocenters. The van der Waals surface area contributed by atoms with Gasteiger partial charge in [0.1, 0.15) is 5.54 Å². The average molecular weight is 338 g/mol. The van der Waals surface area contributed by atoms with E-state index in [0.29, 0.717) is 0 Å². The molecule has 1 heterocycles. The van der Waals surface area contributed by atoms with Gasteiger partial charge >= 0.3 is 5.97 Å². The van der Waals surface area contributed by atoms with E-state index < -0.39 is 5.54 Å². The number of nitrogens with zero attached hydrogens (tertiary/aromatic N) is 1. The summed E-state index contributed by atoms with van der Waals surface area (Å²) in [7, 11) is 1.47. The first kappa shape index (κ1) is 17.5. The number of ether oxygens (including phenoxy) is 1. The van der Waals surface area contributed by atoms with Gasteiger partial charge in [-0.3, -0.25) is 4.90 Å². The Labute approximate surface area is 149 Å². The lowest BCUT2D eigenvalue weighted by molar-refractivity contribution is -0.150. The van der Waals surface area contributed by atoms with Crippen LogP contribution in [0, 0.1) is 5.92 Å². The largest absolute Gasteiger partial charge is 0.467 e. The average Bonchev–Trinajstić information content (AvgIpc) is 2.65. The molecule has 0 bridgehead atoms. The molecule has 2 aromatic carbocycles. The lowest BCUT2D eigenvalue weighted by atomic mass is 9.78. The standard InChI is InChI=1S/C21H26N2O2/c1-17-15-23(16-18-9-5-3-6-10-18)14-13-21(17,20(24)25-2)22-19-11-7-4-8-12-19/h3-12,17,22H,13-16H2,1-2H3/t17-,21+/m1/s1. The maximum Gasteiger partial charge on any atom is 0.331 e. The van der Waals surface area contributed by atoms with Crippen LogP contribution in [0.2, 0.25) is 0 Å². The Morgan fingerprint density at radius 2 is 1.80 bits per heavy atom. The highest BCUT2D eigenvalue weighted by Gasteiger charge is 2.47. The van der Waals surface area contributed by atoms with Crippen LogP contribution >= 0.6 is 0 Å². The van der Waals surface area contributed by atoms with Crippen molar-refractivity contribution in [3.8, 4) is 0 Å². The minimum absolute atomic E-state index is 0.137. The number of methoxy groups -OCH3 is 1. The lowest BCUT2D eigenvalue weighted by Crippen LogP contribution is -2.60. The molecule has 25 heavy (non-hydrogen) atoms. The van der Waals surface area contributed by atoms with E-state index >= 15 is 0 Å². The van der Waals surface area contributed by atoms with Crippen molar-refractivity contribution < 1.29 is 9.53 Å². The summed E-state index contributed by atoms with van der Waals surface area (Å²) in [5.41, 5.74) is 1.58. The molecule has 4 heteroatoms. The van der Waals surface area contributed by atoms with Gasteiger partial charge in [-0.25, -0.2) is 4.79 Å². The first-order valence-corrected chi connectivity index (χ1v) is 8.82. The van der Waals surface area contributed by atoms with Crippen LogP contribution in [0.4, 0.5) is 5.69 Å². The van der Waals surface area contributed by atoms with Crippen molar-refractivity contribution in [2.24, 2.45) is 5.92 Å². The normalized spacial score (nSPS) is 23.8. The zero-order valence-electron chi connectivity index (χ0n) is 14.9. The molecule has 3 rings (SSSR count). The molecule has 1 fully saturated rings.